The Bertz CT molecular complexity index is 951. The number of anilines is 1. The van der Waals surface area contributed by atoms with Crippen LogP contribution in [0.2, 0.25) is 0 Å². The molecule has 1 amide bonds. The average Bonchev–Trinajstić information content (AvgIpc) is 3.00. The van der Waals surface area contributed by atoms with E-state index in [2.05, 4.69) is 5.32 Å². The van der Waals surface area contributed by atoms with Crippen molar-refractivity contribution in [2.45, 2.75) is 19.8 Å². The molecule has 0 saturated carbocycles. The van der Waals surface area contributed by atoms with E-state index in [4.69, 9.17) is 4.74 Å². The normalized spacial score (nSPS) is 10.7. The molecule has 3 rings (SSSR count). The van der Waals surface area contributed by atoms with E-state index in [1.807, 2.05) is 25.1 Å². The van der Waals surface area contributed by atoms with Gasteiger partial charge in [0.05, 0.1) is 12.2 Å². The number of esters is 1. The SMILES string of the molecule is CCCCOC(=O)c1c(NC(=O)c2ccccc2F)sc2ccccc12. The number of nitrogens with one attached hydrogen (secondary N) is 1. The number of hydrogen-bond donors (Lipinski definition) is 1. The predicted molar refractivity (Wildman–Crippen MR) is 101 cm³/mol. The van der Waals surface area contributed by atoms with Crippen molar-refractivity contribution in [3.63, 3.8) is 0 Å². The number of thiophene rings is 1. The van der Waals surface area contributed by atoms with Crippen LogP contribution < -0.4 is 5.32 Å². The fraction of sp³-hybridized carbons (Fsp3) is 0.200. The second-order valence-electron chi connectivity index (χ2n) is 5.73. The number of fused-ring (bicyclic) bond motifs is 1. The van der Waals surface area contributed by atoms with Crippen LogP contribution in [0.15, 0.2) is 48.5 Å². The third-order valence-corrected chi connectivity index (χ3v) is 4.96. The van der Waals surface area contributed by atoms with Crippen molar-refractivity contribution in [2.75, 3.05) is 11.9 Å². The minimum absolute atomic E-state index is 0.0738. The van der Waals surface area contributed by atoms with Gasteiger partial charge in [0.25, 0.3) is 5.91 Å². The molecule has 4 nitrogen and oxygen atoms in total. The summed E-state index contributed by atoms with van der Waals surface area (Å²) < 4.78 is 20.0. The second-order valence-corrected chi connectivity index (χ2v) is 6.78. The quantitative estimate of drug-likeness (QED) is 0.476. The van der Waals surface area contributed by atoms with Crippen LogP contribution in [-0.2, 0) is 4.74 Å². The molecule has 26 heavy (non-hydrogen) atoms. The van der Waals surface area contributed by atoms with Gasteiger partial charge in [-0.2, -0.15) is 0 Å². The lowest BCUT2D eigenvalue weighted by Crippen LogP contribution is -2.15. The molecule has 3 aromatic rings. The van der Waals surface area contributed by atoms with Crippen molar-refractivity contribution in [1.29, 1.82) is 0 Å². The summed E-state index contributed by atoms with van der Waals surface area (Å²) in [4.78, 5) is 25.0. The van der Waals surface area contributed by atoms with E-state index in [9.17, 15) is 14.0 Å². The highest BCUT2D eigenvalue weighted by Gasteiger charge is 2.22. The van der Waals surface area contributed by atoms with E-state index in [-0.39, 0.29) is 5.56 Å². The number of carbonyl (C=O) groups excluding carboxylic acids is 2. The molecule has 0 aliphatic rings. The van der Waals surface area contributed by atoms with Gasteiger partial charge in [0.2, 0.25) is 0 Å². The zero-order valence-corrected chi connectivity index (χ0v) is 15.1. The van der Waals surface area contributed by atoms with Gasteiger partial charge in [-0.05, 0) is 24.6 Å². The van der Waals surface area contributed by atoms with Crippen LogP contribution in [0.4, 0.5) is 9.39 Å². The Morgan fingerprint density at radius 1 is 1.12 bits per heavy atom. The van der Waals surface area contributed by atoms with Gasteiger partial charge in [-0.3, -0.25) is 4.79 Å². The molecule has 0 saturated heterocycles. The lowest BCUT2D eigenvalue weighted by atomic mass is 10.1. The number of amides is 1. The van der Waals surface area contributed by atoms with Gasteiger partial charge in [0.15, 0.2) is 0 Å². The molecule has 2 aromatic carbocycles. The van der Waals surface area contributed by atoms with Crippen molar-refractivity contribution in [1.82, 2.24) is 0 Å². The van der Waals surface area contributed by atoms with Crippen LogP contribution in [-0.4, -0.2) is 18.5 Å². The maximum Gasteiger partial charge on any atom is 0.341 e. The Labute approximate surface area is 154 Å². The van der Waals surface area contributed by atoms with Crippen molar-refractivity contribution < 1.29 is 18.7 Å². The Hall–Kier alpha value is -2.73. The molecule has 0 spiro atoms. The van der Waals surface area contributed by atoms with Crippen LogP contribution in [0, 0.1) is 5.82 Å². The maximum absolute atomic E-state index is 13.9. The molecule has 1 aromatic heterocycles. The van der Waals surface area contributed by atoms with Gasteiger partial charge >= 0.3 is 5.97 Å². The first-order valence-corrected chi connectivity index (χ1v) is 9.18. The van der Waals surface area contributed by atoms with E-state index in [1.54, 1.807) is 12.1 Å². The fourth-order valence-electron chi connectivity index (χ4n) is 2.53. The molecular formula is C20H18FNO3S. The van der Waals surface area contributed by atoms with Gasteiger partial charge < -0.3 is 10.1 Å². The van der Waals surface area contributed by atoms with Gasteiger partial charge in [-0.15, -0.1) is 11.3 Å². The van der Waals surface area contributed by atoms with Crippen LogP contribution in [0.25, 0.3) is 10.1 Å². The van der Waals surface area contributed by atoms with Gasteiger partial charge in [0, 0.05) is 10.1 Å². The molecule has 0 aliphatic heterocycles. The molecule has 0 radical (unpaired) electrons. The fourth-order valence-corrected chi connectivity index (χ4v) is 3.62. The third-order valence-electron chi connectivity index (χ3n) is 3.88. The molecular weight excluding hydrogens is 353 g/mol. The average molecular weight is 371 g/mol. The van der Waals surface area contributed by atoms with Gasteiger partial charge in [-0.1, -0.05) is 43.7 Å². The van der Waals surface area contributed by atoms with Crippen molar-refractivity contribution >= 4 is 38.3 Å². The molecule has 0 fully saturated rings. The van der Waals surface area contributed by atoms with Crippen LogP contribution >= 0.6 is 11.3 Å². The minimum Gasteiger partial charge on any atom is -0.462 e. The van der Waals surface area contributed by atoms with Crippen molar-refractivity contribution in [3.8, 4) is 0 Å². The number of halogens is 1. The van der Waals surface area contributed by atoms with Gasteiger partial charge in [0.1, 0.15) is 16.4 Å². The molecule has 134 valence electrons. The monoisotopic (exact) mass is 371 g/mol. The number of ether oxygens (including phenoxy) is 1. The summed E-state index contributed by atoms with van der Waals surface area (Å²) in [5.41, 5.74) is 0.238. The van der Waals surface area contributed by atoms with Crippen molar-refractivity contribution in [2.24, 2.45) is 0 Å². The predicted octanol–water partition coefficient (Wildman–Crippen LogP) is 5.25. The molecule has 0 unspecified atom stereocenters. The molecule has 6 heteroatoms. The Kier molecular flexibility index (Phi) is 5.63. The number of unbranched alkanes of at least 4 members (excludes halogenated alkanes) is 1. The zero-order chi connectivity index (χ0) is 18.5. The van der Waals surface area contributed by atoms with Crippen LogP contribution in [0.5, 0.6) is 0 Å². The van der Waals surface area contributed by atoms with Crippen LogP contribution in [0.3, 0.4) is 0 Å². The number of rotatable bonds is 6. The Morgan fingerprint density at radius 3 is 2.62 bits per heavy atom. The highest BCUT2D eigenvalue weighted by atomic mass is 32.1. The number of benzene rings is 2. The summed E-state index contributed by atoms with van der Waals surface area (Å²) in [5, 5.41) is 3.74. The number of hydrogen-bond acceptors (Lipinski definition) is 4. The Balaban J connectivity index is 1.94. The highest BCUT2D eigenvalue weighted by Crippen LogP contribution is 2.36. The lowest BCUT2D eigenvalue weighted by Gasteiger charge is -2.08. The summed E-state index contributed by atoms with van der Waals surface area (Å²) in [6.45, 7) is 2.33. The maximum atomic E-state index is 13.9. The van der Waals surface area contributed by atoms with E-state index >= 15 is 0 Å². The first-order chi connectivity index (χ1) is 12.6. The smallest absolute Gasteiger partial charge is 0.341 e. The second kappa shape index (κ2) is 8.10. The topological polar surface area (TPSA) is 55.4 Å². The zero-order valence-electron chi connectivity index (χ0n) is 14.3. The molecule has 1 N–H and O–H groups in total. The lowest BCUT2D eigenvalue weighted by molar-refractivity contribution is 0.0503. The standard InChI is InChI=1S/C20H18FNO3S/c1-2-3-12-25-20(24)17-14-9-5-7-11-16(14)26-19(17)22-18(23)13-8-4-6-10-15(13)21/h4-11H,2-3,12H2,1H3,(H,22,23). The number of carbonyl (C=O) groups is 2. The summed E-state index contributed by atoms with van der Waals surface area (Å²) in [5.74, 6) is -1.70. The highest BCUT2D eigenvalue weighted by molar-refractivity contribution is 7.23. The van der Waals surface area contributed by atoms with E-state index in [0.29, 0.717) is 22.6 Å². The largest absolute Gasteiger partial charge is 0.462 e. The summed E-state index contributed by atoms with van der Waals surface area (Å²) in [6.07, 6.45) is 1.68. The minimum atomic E-state index is -0.613. The molecule has 0 atom stereocenters. The summed E-state index contributed by atoms with van der Waals surface area (Å²) in [6, 6.07) is 13.1. The first-order valence-electron chi connectivity index (χ1n) is 8.36. The summed E-state index contributed by atoms with van der Waals surface area (Å²) in [7, 11) is 0. The third kappa shape index (κ3) is 3.75. The molecule has 0 aliphatic carbocycles. The van der Waals surface area contributed by atoms with Crippen molar-refractivity contribution in [3.05, 3.63) is 65.5 Å². The summed E-state index contributed by atoms with van der Waals surface area (Å²) >= 11 is 1.27. The van der Waals surface area contributed by atoms with E-state index in [0.717, 1.165) is 17.5 Å². The first kappa shape index (κ1) is 18.1. The Morgan fingerprint density at radius 2 is 1.85 bits per heavy atom. The van der Waals surface area contributed by atoms with Gasteiger partial charge in [-0.25, -0.2) is 9.18 Å². The molecule has 1 heterocycles. The van der Waals surface area contributed by atoms with Crippen LogP contribution in [0.1, 0.15) is 40.5 Å². The van der Waals surface area contributed by atoms with E-state index < -0.39 is 17.7 Å². The molecule has 0 bridgehead atoms. The van der Waals surface area contributed by atoms with E-state index in [1.165, 1.54) is 29.5 Å².